The Bertz CT molecular complexity index is 1160. The van der Waals surface area contributed by atoms with E-state index in [4.69, 9.17) is 14.0 Å². The van der Waals surface area contributed by atoms with Gasteiger partial charge in [0.2, 0.25) is 5.75 Å². The van der Waals surface area contributed by atoms with Crippen molar-refractivity contribution in [3.05, 3.63) is 57.6 Å². The Morgan fingerprint density at radius 2 is 1.76 bits per heavy atom. The summed E-state index contributed by atoms with van der Waals surface area (Å²) >= 11 is 0. The fourth-order valence-electron chi connectivity index (χ4n) is 3.86. The second kappa shape index (κ2) is 8.66. The molecule has 2 aromatic rings. The van der Waals surface area contributed by atoms with Gasteiger partial charge in [0.15, 0.2) is 5.75 Å². The molecule has 1 amide bonds. The highest BCUT2D eigenvalue weighted by atomic mass is 31.2. The molecule has 0 aliphatic carbocycles. The number of carbonyl (C=O) groups excluding carboxylic acids is 1. The first-order valence-corrected chi connectivity index (χ1v) is 12.5. The number of nitro groups is 1. The van der Waals surface area contributed by atoms with E-state index < -0.39 is 18.7 Å². The van der Waals surface area contributed by atoms with Crippen LogP contribution in [0.3, 0.4) is 0 Å². The van der Waals surface area contributed by atoms with Crippen LogP contribution in [0.5, 0.6) is 17.2 Å². The molecule has 5 rings (SSSR count). The molecule has 2 saturated heterocycles. The van der Waals surface area contributed by atoms with Crippen molar-refractivity contribution in [1.29, 1.82) is 0 Å². The van der Waals surface area contributed by atoms with Gasteiger partial charge in [0, 0.05) is 63.9 Å². The molecule has 0 saturated carbocycles. The van der Waals surface area contributed by atoms with Gasteiger partial charge in [-0.3, -0.25) is 24.0 Å². The summed E-state index contributed by atoms with van der Waals surface area (Å²) in [5.74, 6) is 0.315. The van der Waals surface area contributed by atoms with Gasteiger partial charge in [-0.05, 0) is 30.3 Å². The van der Waals surface area contributed by atoms with Gasteiger partial charge in [-0.25, -0.2) is 9.34 Å². The molecule has 180 valence electrons. The molecule has 0 spiro atoms. The highest BCUT2D eigenvalue weighted by Gasteiger charge is 2.51. The Morgan fingerprint density at radius 1 is 1.12 bits per heavy atom. The lowest BCUT2D eigenvalue weighted by molar-refractivity contribution is -0.385. The molecule has 1 unspecified atom stereocenters. The Hall–Kier alpha value is -2.98. The van der Waals surface area contributed by atoms with Crippen molar-refractivity contribution in [2.75, 3.05) is 46.9 Å². The summed E-state index contributed by atoms with van der Waals surface area (Å²) in [5, 5.41) is 11.8. The summed E-state index contributed by atoms with van der Waals surface area (Å²) in [5.41, 5.74) is 0.774. The molecule has 11 nitrogen and oxygen atoms in total. The summed E-state index contributed by atoms with van der Waals surface area (Å²) in [6, 6.07) is 9.27. The highest BCUT2D eigenvalue weighted by Crippen LogP contribution is 2.64. The number of benzene rings is 2. The van der Waals surface area contributed by atoms with Crippen molar-refractivity contribution >= 4 is 19.3 Å². The van der Waals surface area contributed by atoms with Gasteiger partial charge in [0.25, 0.3) is 5.91 Å². The van der Waals surface area contributed by atoms with E-state index in [2.05, 4.69) is 0 Å². The molecule has 2 fully saturated rings. The van der Waals surface area contributed by atoms with E-state index in [-0.39, 0.29) is 29.7 Å². The van der Waals surface area contributed by atoms with E-state index in [1.54, 1.807) is 44.4 Å². The van der Waals surface area contributed by atoms with Crippen molar-refractivity contribution in [3.8, 4) is 17.2 Å². The lowest BCUT2D eigenvalue weighted by atomic mass is 10.0. The topological polar surface area (TPSA) is 114 Å². The third-order valence-electron chi connectivity index (χ3n) is 5.85. The maximum Gasteiger partial charge on any atom is 0.346 e. The van der Waals surface area contributed by atoms with Crippen molar-refractivity contribution < 1.29 is 28.3 Å². The zero-order valence-corrected chi connectivity index (χ0v) is 19.8. The van der Waals surface area contributed by atoms with Crippen LogP contribution in [0.15, 0.2) is 36.4 Å². The van der Waals surface area contributed by atoms with Crippen LogP contribution in [0.1, 0.15) is 28.4 Å². The first-order valence-electron chi connectivity index (χ1n) is 11.0. The number of carbonyl (C=O) groups is 1. The second-order valence-corrected chi connectivity index (χ2v) is 10.9. The molecule has 2 aromatic carbocycles. The molecule has 0 bridgehead atoms. The third kappa shape index (κ3) is 4.27. The average Bonchev–Trinajstić information content (AvgIpc) is 3.71. The van der Waals surface area contributed by atoms with Gasteiger partial charge in [-0.2, -0.15) is 0 Å². The summed E-state index contributed by atoms with van der Waals surface area (Å²) in [6.45, 7) is 3.15. The van der Waals surface area contributed by atoms with Crippen LogP contribution in [0.25, 0.3) is 0 Å². The van der Waals surface area contributed by atoms with Crippen molar-refractivity contribution in [2.24, 2.45) is 0 Å². The molecule has 3 aliphatic heterocycles. The Morgan fingerprint density at radius 3 is 2.32 bits per heavy atom. The molecule has 0 N–H and O–H groups in total. The Labute approximate surface area is 196 Å². The first-order chi connectivity index (χ1) is 16.3. The number of hydrogen-bond donors (Lipinski definition) is 0. The van der Waals surface area contributed by atoms with Gasteiger partial charge in [0.05, 0.1) is 17.6 Å². The molecule has 1 atom stereocenters. The van der Waals surface area contributed by atoms with Crippen molar-refractivity contribution in [1.82, 2.24) is 14.2 Å². The van der Waals surface area contributed by atoms with Crippen LogP contribution in [-0.4, -0.2) is 72.0 Å². The molecular weight excluding hydrogens is 463 g/mol. The van der Waals surface area contributed by atoms with Crippen LogP contribution in [0, 0.1) is 10.1 Å². The highest BCUT2D eigenvalue weighted by molar-refractivity contribution is 7.54. The molecule has 3 heterocycles. The van der Waals surface area contributed by atoms with E-state index in [1.165, 1.54) is 11.0 Å². The zero-order chi connectivity index (χ0) is 24.0. The second-order valence-electron chi connectivity index (χ2n) is 8.54. The summed E-state index contributed by atoms with van der Waals surface area (Å²) in [4.78, 5) is 24.8. The van der Waals surface area contributed by atoms with Gasteiger partial charge in [-0.1, -0.05) is 0 Å². The Balaban J connectivity index is 1.46. The molecule has 0 aromatic heterocycles. The average molecular weight is 488 g/mol. The van der Waals surface area contributed by atoms with Crippen LogP contribution in [0.2, 0.25) is 0 Å². The maximum atomic E-state index is 13.5. The fourth-order valence-corrected chi connectivity index (χ4v) is 6.22. The van der Waals surface area contributed by atoms with Crippen LogP contribution < -0.4 is 9.47 Å². The minimum absolute atomic E-state index is 0.0456. The number of fused-ring (bicyclic) bond motifs is 1. The molecule has 3 aliphatic rings. The van der Waals surface area contributed by atoms with E-state index in [9.17, 15) is 19.5 Å². The molecular formula is C22H25N4O7P. The lowest BCUT2D eigenvalue weighted by Gasteiger charge is -2.31. The largest absolute Gasteiger partial charge is 0.489 e. The van der Waals surface area contributed by atoms with Crippen molar-refractivity contribution in [3.63, 3.8) is 0 Å². The SMILES string of the molecule is CN(C)C(=O)c1ccc(Oc2c([N+](=O)[O-])ccc3c2OCCC3OP(=O)(N2CC2)N2CC2)cc1. The van der Waals surface area contributed by atoms with E-state index >= 15 is 0 Å². The molecule has 0 radical (unpaired) electrons. The van der Waals surface area contributed by atoms with Crippen molar-refractivity contribution in [2.45, 2.75) is 12.5 Å². The smallest absolute Gasteiger partial charge is 0.346 e. The van der Waals surface area contributed by atoms with E-state index in [1.807, 2.05) is 9.34 Å². The molecule has 12 heteroatoms. The van der Waals surface area contributed by atoms with E-state index in [0.717, 1.165) is 26.2 Å². The third-order valence-corrected chi connectivity index (χ3v) is 8.60. The quantitative estimate of drug-likeness (QED) is 0.238. The number of nitro benzene ring substituents is 1. The Kier molecular flexibility index (Phi) is 5.81. The van der Waals surface area contributed by atoms with Crippen LogP contribution in [-0.2, 0) is 9.09 Å². The van der Waals surface area contributed by atoms with Gasteiger partial charge in [0.1, 0.15) is 5.75 Å². The van der Waals surface area contributed by atoms with Gasteiger partial charge >= 0.3 is 13.4 Å². The summed E-state index contributed by atoms with van der Waals surface area (Å²) in [7, 11) is 0.208. The number of hydrogen-bond acceptors (Lipinski definition) is 7. The van der Waals surface area contributed by atoms with Gasteiger partial charge in [-0.15, -0.1) is 0 Å². The summed E-state index contributed by atoms with van der Waals surface area (Å²) < 4.78 is 35.1. The lowest BCUT2D eigenvalue weighted by Crippen LogP contribution is -2.21. The van der Waals surface area contributed by atoms with Gasteiger partial charge < -0.3 is 14.4 Å². The van der Waals surface area contributed by atoms with Crippen LogP contribution >= 0.6 is 7.67 Å². The zero-order valence-electron chi connectivity index (χ0n) is 18.9. The number of amides is 1. The minimum Gasteiger partial charge on any atom is -0.489 e. The standard InChI is InChI=1S/C22H25N4O7P/c1-23(2)22(27)15-3-5-16(6-4-15)32-21-18(26(28)29)8-7-17-19(9-14-31-20(17)21)33-34(30,24-10-11-24)25-12-13-25/h3-8,19H,9-14H2,1-2H3. The minimum atomic E-state index is -3.10. The summed E-state index contributed by atoms with van der Waals surface area (Å²) in [6.07, 6.45) is -0.0731. The van der Waals surface area contributed by atoms with Crippen LogP contribution in [0.4, 0.5) is 5.69 Å². The number of rotatable bonds is 8. The number of nitrogens with zero attached hydrogens (tertiary/aromatic N) is 4. The normalized spacial score (nSPS) is 19.6. The fraction of sp³-hybridized carbons (Fsp3) is 0.409. The monoisotopic (exact) mass is 488 g/mol. The predicted octanol–water partition coefficient (Wildman–Crippen LogP) is 3.67. The number of ether oxygens (including phenoxy) is 2. The molecule has 34 heavy (non-hydrogen) atoms. The predicted molar refractivity (Wildman–Crippen MR) is 122 cm³/mol. The maximum absolute atomic E-state index is 13.5. The first kappa shape index (κ1) is 22.8. The van der Waals surface area contributed by atoms with E-state index in [0.29, 0.717) is 23.3 Å².